The zero-order chi connectivity index (χ0) is 6.15. The Morgan fingerprint density at radius 1 is 1.75 bits per heavy atom. The predicted octanol–water partition coefficient (Wildman–Crippen LogP) is -0.391. The van der Waals surface area contributed by atoms with Crippen molar-refractivity contribution < 1.29 is 2.90 Å². The van der Waals surface area contributed by atoms with Gasteiger partial charge in [-0.05, 0) is 0 Å². The van der Waals surface area contributed by atoms with Crippen LogP contribution in [0, 0.1) is 6.92 Å². The maximum absolute atomic E-state index is 3.78. The molecule has 0 unspecified atom stereocenters. The van der Waals surface area contributed by atoms with E-state index in [1.165, 1.54) is 0 Å². The summed E-state index contributed by atoms with van der Waals surface area (Å²) in [6, 6.07) is 0. The Kier molecular flexibility index (Phi) is 1.45. The highest BCUT2D eigenvalue weighted by atomic mass is 127. The minimum Gasteiger partial charge on any atom is -0.0959 e. The Bertz CT molecular complexity index is 174. The van der Waals surface area contributed by atoms with Gasteiger partial charge >= 0.3 is 5.82 Å². The molecule has 0 amide bonds. The highest BCUT2D eigenvalue weighted by Gasteiger charge is 2.07. The minimum atomic E-state index is 0.910. The van der Waals surface area contributed by atoms with Crippen molar-refractivity contribution in [1.29, 1.82) is 0 Å². The van der Waals surface area contributed by atoms with Crippen molar-refractivity contribution in [3.05, 3.63) is 5.82 Å². The average Bonchev–Trinajstić information content (AvgIpc) is 1.98. The van der Waals surface area contributed by atoms with E-state index < -0.39 is 0 Å². The Hall–Kier alpha value is -0.200. The monoisotopic (exact) mass is 225 g/mol. The molecule has 1 rings (SSSR count). The summed E-state index contributed by atoms with van der Waals surface area (Å²) in [6.45, 7) is 1.90. The second-order valence-electron chi connectivity index (χ2n) is 1.49. The maximum atomic E-state index is 3.78. The van der Waals surface area contributed by atoms with E-state index in [4.69, 9.17) is 0 Å². The van der Waals surface area contributed by atoms with Gasteiger partial charge in [-0.3, -0.25) is 0 Å². The standard InChI is InChI=1S/C3H6IN4/c1-3-5-6-7(2)8(3)4/h1-2H3/q+1. The highest BCUT2D eigenvalue weighted by Crippen LogP contribution is 1.79. The molecule has 0 atom stereocenters. The molecule has 0 saturated heterocycles. The molecule has 0 radical (unpaired) electrons. The maximum Gasteiger partial charge on any atom is 0.306 e. The van der Waals surface area contributed by atoms with Gasteiger partial charge in [0.25, 0.3) is 0 Å². The van der Waals surface area contributed by atoms with Gasteiger partial charge in [-0.15, -0.1) is 0 Å². The van der Waals surface area contributed by atoms with Gasteiger partial charge in [-0.1, -0.05) is 7.69 Å². The van der Waals surface area contributed by atoms with E-state index in [2.05, 4.69) is 33.2 Å². The van der Waals surface area contributed by atoms with Crippen molar-refractivity contribution in [3.8, 4) is 0 Å². The Morgan fingerprint density at radius 3 is 2.50 bits per heavy atom. The lowest BCUT2D eigenvalue weighted by molar-refractivity contribution is -0.556. The molecule has 5 heteroatoms. The van der Waals surface area contributed by atoms with Gasteiger partial charge in [0, 0.05) is 6.92 Å². The number of nitrogens with zero attached hydrogens (tertiary/aromatic N) is 4. The van der Waals surface area contributed by atoms with Crippen LogP contribution in [0.4, 0.5) is 0 Å². The van der Waals surface area contributed by atoms with E-state index in [1.54, 1.807) is 4.80 Å². The van der Waals surface area contributed by atoms with Crippen LogP contribution < -0.4 is 2.90 Å². The Morgan fingerprint density at radius 2 is 2.38 bits per heavy atom. The summed E-state index contributed by atoms with van der Waals surface area (Å²) in [5.41, 5.74) is 0. The third-order valence-corrected chi connectivity index (χ3v) is 2.16. The Labute approximate surface area is 61.0 Å². The molecule has 1 heterocycles. The van der Waals surface area contributed by atoms with Gasteiger partial charge in [-0.2, -0.15) is 0 Å². The molecular formula is C3H6IN4+. The minimum absolute atomic E-state index is 0.910. The van der Waals surface area contributed by atoms with Crippen molar-refractivity contribution in [1.82, 2.24) is 15.1 Å². The first kappa shape index (κ1) is 5.93. The zero-order valence-electron chi connectivity index (χ0n) is 4.67. The van der Waals surface area contributed by atoms with Crippen molar-refractivity contribution in [2.24, 2.45) is 7.05 Å². The molecule has 0 saturated carbocycles. The first-order valence-corrected chi connectivity index (χ1v) is 3.13. The van der Waals surface area contributed by atoms with E-state index >= 15 is 0 Å². The SMILES string of the molecule is Cc1nnn(C)[n+]1I. The number of aryl methyl sites for hydroxylation is 2. The summed E-state index contributed by atoms with van der Waals surface area (Å²) < 4.78 is 1.83. The van der Waals surface area contributed by atoms with Gasteiger partial charge in [0.1, 0.15) is 5.10 Å². The fourth-order valence-corrected chi connectivity index (χ4v) is 0.594. The summed E-state index contributed by atoms with van der Waals surface area (Å²) in [7, 11) is 1.84. The lowest BCUT2D eigenvalue weighted by Gasteiger charge is -1.80. The second kappa shape index (κ2) is 1.96. The number of hydrogen-bond donors (Lipinski definition) is 0. The molecule has 8 heavy (non-hydrogen) atoms. The van der Waals surface area contributed by atoms with Crippen molar-refractivity contribution in [2.75, 3.05) is 0 Å². The quantitative estimate of drug-likeness (QED) is 0.563. The van der Waals surface area contributed by atoms with Crippen LogP contribution in [0.2, 0.25) is 0 Å². The van der Waals surface area contributed by atoms with Crippen LogP contribution in [-0.4, -0.2) is 15.1 Å². The first-order valence-electron chi connectivity index (χ1n) is 2.16. The number of hydrogen-bond acceptors (Lipinski definition) is 2. The third kappa shape index (κ3) is 0.816. The summed E-state index contributed by atoms with van der Waals surface area (Å²) in [4.78, 5) is 1.66. The molecule has 1 aromatic rings. The summed E-state index contributed by atoms with van der Waals surface area (Å²) in [5.74, 6) is 0.910. The van der Waals surface area contributed by atoms with Gasteiger partial charge in [0.2, 0.25) is 0 Å². The van der Waals surface area contributed by atoms with Crippen LogP contribution >= 0.6 is 22.9 Å². The fraction of sp³-hybridized carbons (Fsp3) is 0.667. The number of tetrazole rings is 1. The summed E-state index contributed by atoms with van der Waals surface area (Å²) in [5, 5.41) is 7.52. The lowest BCUT2D eigenvalue weighted by Crippen LogP contribution is -2.32. The van der Waals surface area contributed by atoms with Gasteiger partial charge in [-0.25, -0.2) is 0 Å². The van der Waals surface area contributed by atoms with Crippen LogP contribution in [0.25, 0.3) is 0 Å². The number of rotatable bonds is 0. The van der Waals surface area contributed by atoms with Crippen LogP contribution in [0.15, 0.2) is 0 Å². The van der Waals surface area contributed by atoms with Crippen molar-refractivity contribution in [2.45, 2.75) is 6.92 Å². The molecule has 44 valence electrons. The molecular weight excluding hydrogens is 219 g/mol. The van der Waals surface area contributed by atoms with E-state index in [-0.39, 0.29) is 0 Å². The van der Waals surface area contributed by atoms with Crippen molar-refractivity contribution in [3.63, 3.8) is 0 Å². The van der Waals surface area contributed by atoms with E-state index in [1.807, 2.05) is 16.9 Å². The molecule has 0 aliphatic rings. The fourth-order valence-electron chi connectivity index (χ4n) is 0.411. The van der Waals surface area contributed by atoms with E-state index in [0.717, 1.165) is 5.82 Å². The van der Waals surface area contributed by atoms with Crippen LogP contribution in [0.3, 0.4) is 0 Å². The average molecular weight is 225 g/mol. The predicted molar refractivity (Wildman–Crippen MR) is 35.4 cm³/mol. The van der Waals surface area contributed by atoms with Crippen LogP contribution in [-0.2, 0) is 7.05 Å². The smallest absolute Gasteiger partial charge is 0.0959 e. The number of aromatic nitrogens is 4. The molecule has 0 bridgehead atoms. The summed E-state index contributed by atoms with van der Waals surface area (Å²) in [6.07, 6.45) is 0. The molecule has 0 spiro atoms. The second-order valence-corrected chi connectivity index (χ2v) is 2.40. The first-order chi connectivity index (χ1) is 3.72. The van der Waals surface area contributed by atoms with Gasteiger partial charge in [0.15, 0.2) is 28.1 Å². The summed E-state index contributed by atoms with van der Waals surface area (Å²) >= 11 is 2.12. The highest BCUT2D eigenvalue weighted by molar-refractivity contribution is 14.1. The molecule has 0 N–H and O–H groups in total. The lowest BCUT2D eigenvalue weighted by atomic mass is 10.8. The van der Waals surface area contributed by atoms with Gasteiger partial charge in [0.05, 0.1) is 7.05 Å². The molecule has 0 fully saturated rings. The molecule has 0 aliphatic carbocycles. The van der Waals surface area contributed by atoms with Crippen LogP contribution in [0.1, 0.15) is 5.82 Å². The normalized spacial score (nSPS) is 9.88. The van der Waals surface area contributed by atoms with E-state index in [0.29, 0.717) is 0 Å². The number of halogens is 1. The molecule has 0 aliphatic heterocycles. The van der Waals surface area contributed by atoms with Gasteiger partial charge < -0.3 is 0 Å². The molecule has 1 aromatic heterocycles. The molecule has 0 aromatic carbocycles. The third-order valence-electron chi connectivity index (χ3n) is 0.840. The van der Waals surface area contributed by atoms with Crippen molar-refractivity contribution >= 4 is 22.9 Å². The largest absolute Gasteiger partial charge is 0.306 e. The van der Waals surface area contributed by atoms with E-state index in [9.17, 15) is 0 Å². The molecule has 4 nitrogen and oxygen atoms in total. The Balaban J connectivity index is 3.19. The van der Waals surface area contributed by atoms with Crippen LogP contribution in [0.5, 0.6) is 0 Å². The topological polar surface area (TPSA) is 34.6 Å². The zero-order valence-corrected chi connectivity index (χ0v) is 6.82.